The monoisotopic (exact) mass is 212 g/mol. The lowest BCUT2D eigenvalue weighted by Crippen LogP contribution is -2.49. The number of likely N-dealkylation sites (tertiary alicyclic amines) is 1. The molecule has 1 rings (SSSR count). The van der Waals surface area contributed by atoms with Gasteiger partial charge in [-0.3, -0.25) is 4.90 Å². The maximum Gasteiger partial charge on any atom is 0.0221 e. The predicted octanol–water partition coefficient (Wildman–Crippen LogP) is 2.77. The van der Waals surface area contributed by atoms with Gasteiger partial charge in [0.2, 0.25) is 0 Å². The summed E-state index contributed by atoms with van der Waals surface area (Å²) in [5.74, 6) is 0. The summed E-state index contributed by atoms with van der Waals surface area (Å²) in [5, 5.41) is 0. The second-order valence-corrected chi connectivity index (χ2v) is 4.97. The maximum absolute atomic E-state index is 5.84. The SMILES string of the molecule is CCCCCCN1C(C)CCCC1CN. The molecule has 0 spiro atoms. The quantitative estimate of drug-likeness (QED) is 0.686. The van der Waals surface area contributed by atoms with Gasteiger partial charge in [-0.05, 0) is 32.7 Å². The fourth-order valence-corrected chi connectivity index (χ4v) is 2.72. The maximum atomic E-state index is 5.84. The number of unbranched alkanes of at least 4 members (excludes halogenated alkanes) is 3. The van der Waals surface area contributed by atoms with Gasteiger partial charge in [0.1, 0.15) is 0 Å². The average molecular weight is 212 g/mol. The summed E-state index contributed by atoms with van der Waals surface area (Å²) in [5.41, 5.74) is 5.84. The average Bonchev–Trinajstić information content (AvgIpc) is 2.26. The molecule has 2 nitrogen and oxygen atoms in total. The summed E-state index contributed by atoms with van der Waals surface area (Å²) in [7, 11) is 0. The number of hydrogen-bond donors (Lipinski definition) is 1. The minimum absolute atomic E-state index is 0.662. The molecule has 0 aliphatic carbocycles. The fraction of sp³-hybridized carbons (Fsp3) is 1.00. The van der Waals surface area contributed by atoms with Gasteiger partial charge in [0, 0.05) is 18.6 Å². The highest BCUT2D eigenvalue weighted by Crippen LogP contribution is 2.22. The van der Waals surface area contributed by atoms with Crippen LogP contribution in [0.25, 0.3) is 0 Å². The van der Waals surface area contributed by atoms with E-state index < -0.39 is 0 Å². The zero-order valence-corrected chi connectivity index (χ0v) is 10.5. The lowest BCUT2D eigenvalue weighted by molar-refractivity contribution is 0.0951. The van der Waals surface area contributed by atoms with Crippen molar-refractivity contribution in [3.63, 3.8) is 0 Å². The molecule has 90 valence electrons. The van der Waals surface area contributed by atoms with Gasteiger partial charge in [0.25, 0.3) is 0 Å². The minimum Gasteiger partial charge on any atom is -0.329 e. The Hall–Kier alpha value is -0.0800. The lowest BCUT2D eigenvalue weighted by atomic mass is 9.96. The van der Waals surface area contributed by atoms with Gasteiger partial charge in [0.05, 0.1) is 0 Å². The Morgan fingerprint density at radius 1 is 1.20 bits per heavy atom. The van der Waals surface area contributed by atoms with Crippen molar-refractivity contribution in [1.29, 1.82) is 0 Å². The Labute approximate surface area is 95.2 Å². The normalized spacial score (nSPS) is 28.2. The van der Waals surface area contributed by atoms with Crippen LogP contribution in [0.4, 0.5) is 0 Å². The van der Waals surface area contributed by atoms with Gasteiger partial charge < -0.3 is 5.73 Å². The summed E-state index contributed by atoms with van der Waals surface area (Å²) in [4.78, 5) is 2.65. The van der Waals surface area contributed by atoms with Crippen molar-refractivity contribution < 1.29 is 0 Å². The summed E-state index contributed by atoms with van der Waals surface area (Å²) >= 11 is 0. The molecule has 0 aromatic heterocycles. The van der Waals surface area contributed by atoms with E-state index in [0.717, 1.165) is 12.6 Å². The third-order valence-corrected chi connectivity index (χ3v) is 3.74. The number of nitrogens with zero attached hydrogens (tertiary/aromatic N) is 1. The van der Waals surface area contributed by atoms with Crippen LogP contribution in [0.2, 0.25) is 0 Å². The third-order valence-electron chi connectivity index (χ3n) is 3.74. The molecular weight excluding hydrogens is 184 g/mol. The first-order valence-electron chi connectivity index (χ1n) is 6.75. The lowest BCUT2D eigenvalue weighted by Gasteiger charge is -2.40. The molecule has 2 atom stereocenters. The van der Waals surface area contributed by atoms with Crippen LogP contribution in [-0.4, -0.2) is 30.1 Å². The Kier molecular flexibility index (Phi) is 6.26. The Morgan fingerprint density at radius 2 is 2.00 bits per heavy atom. The summed E-state index contributed by atoms with van der Waals surface area (Å²) in [6.07, 6.45) is 9.50. The molecule has 1 fully saturated rings. The molecule has 0 amide bonds. The summed E-state index contributed by atoms with van der Waals surface area (Å²) < 4.78 is 0. The van der Waals surface area contributed by atoms with Crippen molar-refractivity contribution >= 4 is 0 Å². The van der Waals surface area contributed by atoms with Crippen LogP contribution < -0.4 is 5.73 Å². The molecule has 2 N–H and O–H groups in total. The van der Waals surface area contributed by atoms with E-state index >= 15 is 0 Å². The molecule has 1 saturated heterocycles. The highest BCUT2D eigenvalue weighted by molar-refractivity contribution is 4.82. The first-order chi connectivity index (χ1) is 7.29. The second-order valence-electron chi connectivity index (χ2n) is 4.97. The summed E-state index contributed by atoms with van der Waals surface area (Å²) in [6, 6.07) is 1.42. The van der Waals surface area contributed by atoms with Crippen molar-refractivity contribution in [1.82, 2.24) is 4.90 Å². The molecule has 15 heavy (non-hydrogen) atoms. The predicted molar refractivity (Wildman–Crippen MR) is 67.0 cm³/mol. The van der Waals surface area contributed by atoms with E-state index in [9.17, 15) is 0 Å². The van der Waals surface area contributed by atoms with Crippen molar-refractivity contribution in [2.24, 2.45) is 5.73 Å². The van der Waals surface area contributed by atoms with Crippen LogP contribution in [0.3, 0.4) is 0 Å². The number of hydrogen-bond acceptors (Lipinski definition) is 2. The van der Waals surface area contributed by atoms with Gasteiger partial charge in [0.15, 0.2) is 0 Å². The largest absolute Gasteiger partial charge is 0.329 e. The van der Waals surface area contributed by atoms with Gasteiger partial charge in [-0.1, -0.05) is 32.6 Å². The number of rotatable bonds is 6. The Morgan fingerprint density at radius 3 is 2.67 bits per heavy atom. The highest BCUT2D eigenvalue weighted by atomic mass is 15.2. The molecule has 0 radical (unpaired) electrons. The number of piperidine rings is 1. The Balaban J connectivity index is 2.27. The Bertz CT molecular complexity index is 159. The molecule has 0 saturated carbocycles. The molecule has 0 aromatic rings. The van der Waals surface area contributed by atoms with E-state index in [2.05, 4.69) is 18.7 Å². The van der Waals surface area contributed by atoms with Crippen molar-refractivity contribution in [3.8, 4) is 0 Å². The molecule has 1 heterocycles. The van der Waals surface area contributed by atoms with Gasteiger partial charge in [-0.25, -0.2) is 0 Å². The second kappa shape index (κ2) is 7.24. The molecule has 0 aromatic carbocycles. The smallest absolute Gasteiger partial charge is 0.0221 e. The van der Waals surface area contributed by atoms with Crippen LogP contribution in [0.5, 0.6) is 0 Å². The summed E-state index contributed by atoms with van der Waals surface area (Å²) in [6.45, 7) is 6.75. The van der Waals surface area contributed by atoms with Gasteiger partial charge >= 0.3 is 0 Å². The van der Waals surface area contributed by atoms with E-state index in [1.165, 1.54) is 51.5 Å². The van der Waals surface area contributed by atoms with Crippen LogP contribution >= 0.6 is 0 Å². The molecule has 2 heteroatoms. The van der Waals surface area contributed by atoms with Gasteiger partial charge in [-0.15, -0.1) is 0 Å². The number of nitrogens with two attached hydrogens (primary N) is 1. The van der Waals surface area contributed by atoms with E-state index in [4.69, 9.17) is 5.73 Å². The van der Waals surface area contributed by atoms with E-state index in [-0.39, 0.29) is 0 Å². The van der Waals surface area contributed by atoms with Crippen LogP contribution in [-0.2, 0) is 0 Å². The van der Waals surface area contributed by atoms with Crippen molar-refractivity contribution in [3.05, 3.63) is 0 Å². The third kappa shape index (κ3) is 4.12. The van der Waals surface area contributed by atoms with Crippen molar-refractivity contribution in [2.45, 2.75) is 70.9 Å². The van der Waals surface area contributed by atoms with Crippen molar-refractivity contribution in [2.75, 3.05) is 13.1 Å². The fourth-order valence-electron chi connectivity index (χ4n) is 2.72. The topological polar surface area (TPSA) is 29.3 Å². The molecule has 1 aliphatic rings. The first-order valence-corrected chi connectivity index (χ1v) is 6.75. The van der Waals surface area contributed by atoms with Crippen LogP contribution in [0.15, 0.2) is 0 Å². The van der Waals surface area contributed by atoms with E-state index in [0.29, 0.717) is 6.04 Å². The molecule has 2 unspecified atom stereocenters. The van der Waals surface area contributed by atoms with Gasteiger partial charge in [-0.2, -0.15) is 0 Å². The molecule has 1 aliphatic heterocycles. The van der Waals surface area contributed by atoms with Crippen LogP contribution in [0.1, 0.15) is 58.8 Å². The molecular formula is C13H28N2. The standard InChI is InChI=1S/C13H28N2/c1-3-4-5-6-10-15-12(2)8-7-9-13(15)11-14/h12-13H,3-11,14H2,1-2H3. The zero-order chi connectivity index (χ0) is 11.1. The van der Waals surface area contributed by atoms with E-state index in [1.807, 2.05) is 0 Å². The minimum atomic E-state index is 0.662. The zero-order valence-electron chi connectivity index (χ0n) is 10.5. The highest BCUT2D eigenvalue weighted by Gasteiger charge is 2.25. The van der Waals surface area contributed by atoms with E-state index in [1.54, 1.807) is 0 Å². The molecule has 0 bridgehead atoms. The van der Waals surface area contributed by atoms with Crippen LogP contribution in [0, 0.1) is 0 Å². The first kappa shape index (κ1) is 13.0.